The van der Waals surface area contributed by atoms with Gasteiger partial charge in [0.2, 0.25) is 5.91 Å². The highest BCUT2D eigenvalue weighted by Gasteiger charge is 2.53. The molecule has 0 N–H and O–H groups in total. The lowest BCUT2D eigenvalue weighted by atomic mass is 9.94. The maximum Gasteiger partial charge on any atom is 0.233 e. The molecule has 1 aliphatic heterocycles. The van der Waals surface area contributed by atoms with Crippen LogP contribution in [-0.2, 0) is 16.8 Å². The van der Waals surface area contributed by atoms with Crippen molar-refractivity contribution in [3.05, 3.63) is 59.9 Å². The van der Waals surface area contributed by atoms with Gasteiger partial charge in [-0.1, -0.05) is 12.1 Å². The van der Waals surface area contributed by atoms with Gasteiger partial charge < -0.3 is 9.64 Å². The molecule has 2 fully saturated rings. The van der Waals surface area contributed by atoms with Crippen LogP contribution in [0.4, 0.5) is 0 Å². The van der Waals surface area contributed by atoms with Crippen LogP contribution in [0.3, 0.4) is 0 Å². The molecule has 0 atom stereocenters. The van der Waals surface area contributed by atoms with Crippen molar-refractivity contribution in [2.45, 2.75) is 31.2 Å². The Morgan fingerprint density at radius 1 is 1.04 bits per heavy atom. The maximum atomic E-state index is 13.3. The summed E-state index contributed by atoms with van der Waals surface area (Å²) < 4.78 is 5.25. The van der Waals surface area contributed by atoms with E-state index >= 15 is 0 Å². The van der Waals surface area contributed by atoms with Gasteiger partial charge in [0, 0.05) is 45.1 Å². The van der Waals surface area contributed by atoms with Gasteiger partial charge in [0.1, 0.15) is 5.75 Å². The summed E-state index contributed by atoms with van der Waals surface area (Å²) in [6, 6.07) is 12.2. The van der Waals surface area contributed by atoms with Crippen LogP contribution >= 0.6 is 0 Å². The lowest BCUT2D eigenvalue weighted by Crippen LogP contribution is -2.41. The van der Waals surface area contributed by atoms with E-state index in [4.69, 9.17) is 4.74 Å². The molecule has 1 saturated carbocycles. The smallest absolute Gasteiger partial charge is 0.233 e. The largest absolute Gasteiger partial charge is 0.497 e. The average molecular weight is 365 g/mol. The first-order valence-corrected chi connectivity index (χ1v) is 9.76. The van der Waals surface area contributed by atoms with E-state index in [1.807, 2.05) is 24.5 Å². The molecule has 2 aromatic rings. The number of methoxy groups -OCH3 is 1. The number of pyridine rings is 1. The van der Waals surface area contributed by atoms with Gasteiger partial charge in [-0.05, 0) is 54.7 Å². The molecule has 5 nitrogen and oxygen atoms in total. The zero-order valence-electron chi connectivity index (χ0n) is 15.9. The number of carbonyl (C=O) groups is 1. The normalized spacial score (nSPS) is 19.4. The molecule has 0 spiro atoms. The monoisotopic (exact) mass is 365 g/mol. The summed E-state index contributed by atoms with van der Waals surface area (Å²) in [6.45, 7) is 4.54. The number of hydrogen-bond acceptors (Lipinski definition) is 4. The van der Waals surface area contributed by atoms with E-state index in [0.717, 1.165) is 63.3 Å². The van der Waals surface area contributed by atoms with Crippen LogP contribution in [0.2, 0.25) is 0 Å². The number of carbonyl (C=O) groups excluding carboxylic acids is 1. The molecule has 1 aromatic heterocycles. The number of amides is 1. The molecule has 4 rings (SSSR count). The minimum Gasteiger partial charge on any atom is -0.497 e. The summed E-state index contributed by atoms with van der Waals surface area (Å²) in [7, 11) is 1.67. The van der Waals surface area contributed by atoms with Gasteiger partial charge in [-0.15, -0.1) is 0 Å². The van der Waals surface area contributed by atoms with Crippen molar-refractivity contribution < 1.29 is 9.53 Å². The Balaban J connectivity index is 1.40. The zero-order chi connectivity index (χ0) is 18.7. The van der Waals surface area contributed by atoms with E-state index in [1.54, 1.807) is 7.11 Å². The molecule has 142 valence electrons. The number of hydrogen-bond donors (Lipinski definition) is 0. The lowest BCUT2D eigenvalue weighted by molar-refractivity contribution is -0.133. The number of rotatable bonds is 5. The predicted octanol–water partition coefficient (Wildman–Crippen LogP) is 2.86. The van der Waals surface area contributed by atoms with Gasteiger partial charge in [0.05, 0.1) is 12.5 Å². The number of benzene rings is 1. The Morgan fingerprint density at radius 3 is 2.44 bits per heavy atom. The average Bonchev–Trinajstić information content (AvgIpc) is 3.54. The molecule has 0 radical (unpaired) electrons. The first kappa shape index (κ1) is 18.0. The fourth-order valence-corrected chi connectivity index (χ4v) is 4.04. The third kappa shape index (κ3) is 3.83. The highest BCUT2D eigenvalue weighted by atomic mass is 16.5. The molecule has 0 unspecified atom stereocenters. The number of nitrogens with zero attached hydrogens (tertiary/aromatic N) is 3. The summed E-state index contributed by atoms with van der Waals surface area (Å²) in [5.41, 5.74) is 2.11. The molecule has 1 aromatic carbocycles. The number of ether oxygens (including phenoxy) is 1. The van der Waals surface area contributed by atoms with Gasteiger partial charge in [0.15, 0.2) is 0 Å². The molecule has 5 heteroatoms. The second kappa shape index (κ2) is 7.69. The fourth-order valence-electron chi connectivity index (χ4n) is 4.04. The predicted molar refractivity (Wildman–Crippen MR) is 105 cm³/mol. The quantitative estimate of drug-likeness (QED) is 0.817. The topological polar surface area (TPSA) is 45.7 Å². The van der Waals surface area contributed by atoms with Crippen molar-refractivity contribution in [3.8, 4) is 5.75 Å². The van der Waals surface area contributed by atoms with E-state index in [0.29, 0.717) is 5.91 Å². The Bertz CT molecular complexity index is 772. The Hall–Kier alpha value is -2.40. The molecule has 1 saturated heterocycles. The van der Waals surface area contributed by atoms with Gasteiger partial charge in [-0.3, -0.25) is 14.7 Å². The van der Waals surface area contributed by atoms with E-state index in [-0.39, 0.29) is 5.41 Å². The van der Waals surface area contributed by atoms with Crippen molar-refractivity contribution in [1.82, 2.24) is 14.8 Å². The third-order valence-corrected chi connectivity index (χ3v) is 5.83. The third-order valence-electron chi connectivity index (χ3n) is 5.83. The van der Waals surface area contributed by atoms with Crippen molar-refractivity contribution >= 4 is 5.91 Å². The van der Waals surface area contributed by atoms with E-state index in [1.165, 1.54) is 5.56 Å². The second-order valence-corrected chi connectivity index (χ2v) is 7.59. The second-order valence-electron chi connectivity index (χ2n) is 7.59. The standard InChI is InChI=1S/C22H27N3O2/c1-27-20-5-3-19(4-6-20)22(9-10-22)21(26)25-14-2-13-24(15-16-25)17-18-7-11-23-12-8-18/h3-8,11-12H,2,9-10,13-17H2,1H3. The SMILES string of the molecule is COc1ccc(C2(C(=O)N3CCCN(Cc4ccncc4)CC3)CC2)cc1. The highest BCUT2D eigenvalue weighted by Crippen LogP contribution is 2.50. The van der Waals surface area contributed by atoms with Crippen molar-refractivity contribution in [1.29, 1.82) is 0 Å². The van der Waals surface area contributed by atoms with Gasteiger partial charge in [-0.2, -0.15) is 0 Å². The lowest BCUT2D eigenvalue weighted by Gasteiger charge is -2.27. The van der Waals surface area contributed by atoms with Gasteiger partial charge in [-0.25, -0.2) is 0 Å². The van der Waals surface area contributed by atoms with Gasteiger partial charge in [0.25, 0.3) is 0 Å². The van der Waals surface area contributed by atoms with E-state index in [9.17, 15) is 4.79 Å². The summed E-state index contributed by atoms with van der Waals surface area (Å²) in [6.07, 6.45) is 6.61. The minimum atomic E-state index is -0.299. The van der Waals surface area contributed by atoms with Crippen molar-refractivity contribution in [3.63, 3.8) is 0 Å². The molecule has 1 aliphatic carbocycles. The summed E-state index contributed by atoms with van der Waals surface area (Å²) in [5, 5.41) is 0. The van der Waals surface area contributed by atoms with Crippen LogP contribution in [0, 0.1) is 0 Å². The van der Waals surface area contributed by atoms with E-state index < -0.39 is 0 Å². The zero-order valence-corrected chi connectivity index (χ0v) is 15.9. The van der Waals surface area contributed by atoms with Crippen molar-refractivity contribution in [2.24, 2.45) is 0 Å². The van der Waals surface area contributed by atoms with E-state index in [2.05, 4.69) is 39.0 Å². The molecular weight excluding hydrogens is 338 g/mol. The van der Waals surface area contributed by atoms with Crippen LogP contribution in [0.25, 0.3) is 0 Å². The highest BCUT2D eigenvalue weighted by molar-refractivity contribution is 5.91. The molecule has 0 bridgehead atoms. The molecule has 2 heterocycles. The van der Waals surface area contributed by atoms with Crippen LogP contribution in [0.5, 0.6) is 5.75 Å². The number of aromatic nitrogens is 1. The molecule has 2 aliphatic rings. The van der Waals surface area contributed by atoms with Crippen LogP contribution in [0.1, 0.15) is 30.4 Å². The summed E-state index contributed by atoms with van der Waals surface area (Å²) >= 11 is 0. The molecular formula is C22H27N3O2. The maximum absolute atomic E-state index is 13.3. The Labute approximate surface area is 161 Å². The van der Waals surface area contributed by atoms with Gasteiger partial charge >= 0.3 is 0 Å². The molecule has 1 amide bonds. The van der Waals surface area contributed by atoms with Crippen molar-refractivity contribution in [2.75, 3.05) is 33.3 Å². The summed E-state index contributed by atoms with van der Waals surface area (Å²) in [5.74, 6) is 1.14. The first-order valence-electron chi connectivity index (χ1n) is 9.76. The Morgan fingerprint density at radius 2 is 1.78 bits per heavy atom. The summed E-state index contributed by atoms with van der Waals surface area (Å²) in [4.78, 5) is 21.9. The molecule has 27 heavy (non-hydrogen) atoms. The minimum absolute atomic E-state index is 0.299. The van der Waals surface area contributed by atoms with Crippen LogP contribution in [-0.4, -0.2) is 54.0 Å². The fraction of sp³-hybridized carbons (Fsp3) is 0.455. The first-order chi connectivity index (χ1) is 13.2. The van der Waals surface area contributed by atoms with Crippen LogP contribution < -0.4 is 4.74 Å². The Kier molecular flexibility index (Phi) is 5.12. The van der Waals surface area contributed by atoms with Crippen LogP contribution in [0.15, 0.2) is 48.8 Å².